The maximum Gasteiger partial charge on any atom is 0.160 e. The summed E-state index contributed by atoms with van der Waals surface area (Å²) in [6.45, 7) is 11.4. The van der Waals surface area contributed by atoms with Crippen LogP contribution in [0.5, 0.6) is 0 Å². The van der Waals surface area contributed by atoms with Crippen molar-refractivity contribution in [1.29, 1.82) is 0 Å². The molecule has 0 aromatic carbocycles. The van der Waals surface area contributed by atoms with Crippen LogP contribution in [0.25, 0.3) is 0 Å². The molecule has 0 unspecified atom stereocenters. The van der Waals surface area contributed by atoms with Gasteiger partial charge in [0.2, 0.25) is 0 Å². The highest BCUT2D eigenvalue weighted by atomic mass is 16.1. The van der Waals surface area contributed by atoms with Gasteiger partial charge in [0.25, 0.3) is 0 Å². The zero-order valence-corrected chi connectivity index (χ0v) is 12.5. The van der Waals surface area contributed by atoms with Gasteiger partial charge < -0.3 is 0 Å². The fourth-order valence-corrected chi connectivity index (χ4v) is 1.07. The average molecular weight is 250 g/mol. The van der Waals surface area contributed by atoms with Crippen molar-refractivity contribution in [2.24, 2.45) is 10.8 Å². The van der Waals surface area contributed by atoms with E-state index in [4.69, 9.17) is 0 Å². The number of hydrogen-bond donors (Lipinski definition) is 0. The Morgan fingerprint density at radius 2 is 1.00 bits per heavy atom. The predicted molar refractivity (Wildman–Crippen MR) is 76.4 cm³/mol. The van der Waals surface area contributed by atoms with Gasteiger partial charge in [-0.05, 0) is 25.0 Å². The second-order valence-corrected chi connectivity index (χ2v) is 6.61. The van der Waals surface area contributed by atoms with Crippen molar-refractivity contribution < 1.29 is 9.59 Å². The second-order valence-electron chi connectivity index (χ2n) is 6.61. The molecule has 2 heteroatoms. The first-order valence-electron chi connectivity index (χ1n) is 6.47. The zero-order valence-electron chi connectivity index (χ0n) is 12.5. The van der Waals surface area contributed by atoms with Gasteiger partial charge in [0.1, 0.15) is 0 Å². The Morgan fingerprint density at radius 1 is 0.722 bits per heavy atom. The van der Waals surface area contributed by atoms with E-state index in [0.29, 0.717) is 0 Å². The van der Waals surface area contributed by atoms with Crippen molar-refractivity contribution in [2.45, 2.75) is 54.4 Å². The number of unbranched alkanes of at least 4 members (excludes halogenated alkanes) is 1. The molecular weight excluding hydrogens is 224 g/mol. The van der Waals surface area contributed by atoms with Crippen molar-refractivity contribution in [2.75, 3.05) is 0 Å². The fourth-order valence-electron chi connectivity index (χ4n) is 1.07. The molecule has 0 heterocycles. The summed E-state index contributed by atoms with van der Waals surface area (Å²) in [5, 5.41) is 0. The standard InChI is InChI=1S/C16H26O2/c1-15(2,3)13(17)11-9-7-8-10-12-14(18)16(4,5)6/h9-12H,7-8H2,1-6H3. The minimum atomic E-state index is -0.311. The highest BCUT2D eigenvalue weighted by molar-refractivity contribution is 5.94. The third-order valence-electron chi connectivity index (χ3n) is 2.52. The van der Waals surface area contributed by atoms with Crippen LogP contribution in [-0.2, 0) is 9.59 Å². The molecule has 18 heavy (non-hydrogen) atoms. The quantitative estimate of drug-likeness (QED) is 0.543. The third-order valence-corrected chi connectivity index (χ3v) is 2.52. The summed E-state index contributed by atoms with van der Waals surface area (Å²) in [5.41, 5.74) is -0.622. The molecule has 0 aromatic rings. The molecule has 0 aliphatic rings. The van der Waals surface area contributed by atoms with Crippen molar-refractivity contribution in [3.63, 3.8) is 0 Å². The summed E-state index contributed by atoms with van der Waals surface area (Å²) >= 11 is 0. The molecule has 102 valence electrons. The first-order valence-corrected chi connectivity index (χ1v) is 6.47. The SMILES string of the molecule is CC(C)(C)C(=O)C=CCCC=CC(=O)C(C)(C)C. The lowest BCUT2D eigenvalue weighted by molar-refractivity contribution is -0.122. The average Bonchev–Trinajstić information content (AvgIpc) is 2.19. The normalized spacial score (nSPS) is 13.4. The topological polar surface area (TPSA) is 34.1 Å². The molecule has 0 spiro atoms. The lowest BCUT2D eigenvalue weighted by Gasteiger charge is -2.13. The Labute approximate surface area is 111 Å². The lowest BCUT2D eigenvalue weighted by atomic mass is 9.90. The number of hydrogen-bond acceptors (Lipinski definition) is 2. The van der Waals surface area contributed by atoms with Crippen LogP contribution in [0.15, 0.2) is 24.3 Å². The van der Waals surface area contributed by atoms with E-state index < -0.39 is 0 Å². The fraction of sp³-hybridized carbons (Fsp3) is 0.625. The molecule has 0 bridgehead atoms. The van der Waals surface area contributed by atoms with Gasteiger partial charge in [-0.1, -0.05) is 53.7 Å². The molecule has 0 aliphatic heterocycles. The zero-order chi connectivity index (χ0) is 14.4. The molecule has 0 atom stereocenters. The molecule has 0 rings (SSSR count). The molecule has 0 aliphatic carbocycles. The van der Waals surface area contributed by atoms with Gasteiger partial charge in [0.05, 0.1) is 0 Å². The number of allylic oxidation sites excluding steroid dienone is 4. The maximum absolute atomic E-state index is 11.6. The van der Waals surface area contributed by atoms with E-state index in [-0.39, 0.29) is 22.4 Å². The Kier molecular flexibility index (Phi) is 6.23. The van der Waals surface area contributed by atoms with E-state index >= 15 is 0 Å². The van der Waals surface area contributed by atoms with Gasteiger partial charge >= 0.3 is 0 Å². The molecule has 0 saturated carbocycles. The van der Waals surface area contributed by atoms with Crippen LogP contribution in [-0.4, -0.2) is 11.6 Å². The maximum atomic E-state index is 11.6. The predicted octanol–water partition coefficient (Wildman–Crippen LogP) is 4.11. The van der Waals surface area contributed by atoms with Crippen LogP contribution in [0.3, 0.4) is 0 Å². The van der Waals surface area contributed by atoms with Gasteiger partial charge in [0, 0.05) is 10.8 Å². The van der Waals surface area contributed by atoms with Gasteiger partial charge in [-0.15, -0.1) is 0 Å². The number of carbonyl (C=O) groups excluding carboxylic acids is 2. The van der Waals surface area contributed by atoms with Crippen LogP contribution in [0, 0.1) is 10.8 Å². The highest BCUT2D eigenvalue weighted by Crippen LogP contribution is 2.16. The first kappa shape index (κ1) is 16.8. The molecule has 2 nitrogen and oxygen atoms in total. The summed E-state index contributed by atoms with van der Waals surface area (Å²) in [5.74, 6) is 0.273. The summed E-state index contributed by atoms with van der Waals surface area (Å²) in [6, 6.07) is 0. The van der Waals surface area contributed by atoms with Crippen LogP contribution in [0.2, 0.25) is 0 Å². The van der Waals surface area contributed by atoms with Crippen LogP contribution >= 0.6 is 0 Å². The largest absolute Gasteiger partial charge is 0.294 e. The summed E-state index contributed by atoms with van der Waals surface area (Å²) in [4.78, 5) is 23.2. The van der Waals surface area contributed by atoms with E-state index in [1.165, 1.54) is 0 Å². The first-order chi connectivity index (χ1) is 8.05. The van der Waals surface area contributed by atoms with E-state index in [9.17, 15) is 9.59 Å². The number of rotatable bonds is 5. The Hall–Kier alpha value is -1.18. The number of carbonyl (C=O) groups is 2. The monoisotopic (exact) mass is 250 g/mol. The van der Waals surface area contributed by atoms with Crippen LogP contribution in [0.4, 0.5) is 0 Å². The summed E-state index contributed by atoms with van der Waals surface area (Å²) < 4.78 is 0. The van der Waals surface area contributed by atoms with Crippen molar-refractivity contribution in [1.82, 2.24) is 0 Å². The summed E-state index contributed by atoms with van der Waals surface area (Å²) in [6.07, 6.45) is 8.60. The molecule has 0 fully saturated rings. The van der Waals surface area contributed by atoms with Crippen molar-refractivity contribution in [3.05, 3.63) is 24.3 Å². The van der Waals surface area contributed by atoms with Crippen LogP contribution in [0.1, 0.15) is 54.4 Å². The molecule has 0 N–H and O–H groups in total. The molecule has 0 radical (unpaired) electrons. The van der Waals surface area contributed by atoms with E-state index in [1.807, 2.05) is 53.7 Å². The second kappa shape index (κ2) is 6.67. The third kappa shape index (κ3) is 7.21. The Bertz CT molecular complexity index is 310. The van der Waals surface area contributed by atoms with Gasteiger partial charge in [0.15, 0.2) is 11.6 Å². The van der Waals surface area contributed by atoms with Gasteiger partial charge in [-0.3, -0.25) is 9.59 Å². The summed E-state index contributed by atoms with van der Waals surface area (Å²) in [7, 11) is 0. The molecular formula is C16H26O2. The lowest BCUT2D eigenvalue weighted by Crippen LogP contribution is -2.17. The Balaban J connectivity index is 4.02. The minimum absolute atomic E-state index is 0.136. The Morgan fingerprint density at radius 3 is 1.22 bits per heavy atom. The van der Waals surface area contributed by atoms with Gasteiger partial charge in [-0.25, -0.2) is 0 Å². The number of ketones is 2. The molecule has 0 saturated heterocycles. The van der Waals surface area contributed by atoms with Crippen LogP contribution < -0.4 is 0 Å². The van der Waals surface area contributed by atoms with E-state index in [2.05, 4.69) is 0 Å². The molecule has 0 amide bonds. The van der Waals surface area contributed by atoms with Gasteiger partial charge in [-0.2, -0.15) is 0 Å². The highest BCUT2D eigenvalue weighted by Gasteiger charge is 2.18. The minimum Gasteiger partial charge on any atom is -0.294 e. The molecule has 0 aromatic heterocycles. The van der Waals surface area contributed by atoms with Crippen molar-refractivity contribution >= 4 is 11.6 Å². The van der Waals surface area contributed by atoms with E-state index in [0.717, 1.165) is 12.8 Å². The smallest absolute Gasteiger partial charge is 0.160 e. The van der Waals surface area contributed by atoms with E-state index in [1.54, 1.807) is 12.2 Å². The van der Waals surface area contributed by atoms with Crippen molar-refractivity contribution in [3.8, 4) is 0 Å².